The monoisotopic (exact) mass is 300 g/mol. The van der Waals surface area contributed by atoms with Gasteiger partial charge < -0.3 is 15.7 Å². The number of anilines is 2. The number of aromatic nitrogens is 4. The van der Waals surface area contributed by atoms with Crippen LogP contribution in [0, 0.1) is 0 Å². The van der Waals surface area contributed by atoms with E-state index < -0.39 is 19.0 Å². The number of urea groups is 1. The Kier molecular flexibility index (Phi) is 4.82. The number of halogens is 2. The van der Waals surface area contributed by atoms with Gasteiger partial charge in [-0.25, -0.2) is 13.6 Å². The highest BCUT2D eigenvalue weighted by molar-refractivity contribution is 5.99. The van der Waals surface area contributed by atoms with Gasteiger partial charge in [0.25, 0.3) is 6.43 Å². The molecule has 0 atom stereocenters. The van der Waals surface area contributed by atoms with E-state index in [1.54, 1.807) is 6.20 Å². The smallest absolute Gasteiger partial charge is 0.323 e. The molecule has 2 aromatic heterocycles. The van der Waals surface area contributed by atoms with Crippen LogP contribution >= 0.6 is 0 Å². The summed E-state index contributed by atoms with van der Waals surface area (Å²) < 4.78 is 26.8. The number of hydrogen-bond acceptors (Lipinski definition) is 4. The minimum Gasteiger partial charge on any atom is -0.394 e. The lowest BCUT2D eigenvalue weighted by molar-refractivity contribution is 0.122. The molecular weight excluding hydrogens is 286 g/mol. The van der Waals surface area contributed by atoms with Gasteiger partial charge in [-0.2, -0.15) is 10.2 Å². The maximum atomic E-state index is 12.2. The van der Waals surface area contributed by atoms with Crippen molar-refractivity contribution in [3.8, 4) is 0 Å². The fourth-order valence-electron chi connectivity index (χ4n) is 1.62. The third-order valence-electron chi connectivity index (χ3n) is 2.44. The van der Waals surface area contributed by atoms with Crippen LogP contribution in [0.1, 0.15) is 0 Å². The lowest BCUT2D eigenvalue weighted by Crippen LogP contribution is -2.18. The van der Waals surface area contributed by atoms with Crippen LogP contribution in [0.3, 0.4) is 0 Å². The Labute approximate surface area is 118 Å². The highest BCUT2D eigenvalue weighted by Gasteiger charge is 2.08. The molecule has 0 aliphatic rings. The first-order valence-electron chi connectivity index (χ1n) is 6.08. The summed E-state index contributed by atoms with van der Waals surface area (Å²) in [5.41, 5.74) is 0.747. The lowest BCUT2D eigenvalue weighted by atomic mass is 10.5. The van der Waals surface area contributed by atoms with Crippen molar-refractivity contribution in [3.63, 3.8) is 0 Å². The largest absolute Gasteiger partial charge is 0.394 e. The fraction of sp³-hybridized carbons (Fsp3) is 0.364. The van der Waals surface area contributed by atoms with Crippen molar-refractivity contribution in [1.82, 2.24) is 19.6 Å². The Morgan fingerprint density at radius 1 is 1.19 bits per heavy atom. The summed E-state index contributed by atoms with van der Waals surface area (Å²) in [6.45, 7) is -0.266. The van der Waals surface area contributed by atoms with Crippen LogP contribution in [-0.4, -0.2) is 43.7 Å². The van der Waals surface area contributed by atoms with Crippen LogP contribution in [0.15, 0.2) is 24.8 Å². The number of hydrogen-bond donors (Lipinski definition) is 3. The first-order valence-corrected chi connectivity index (χ1v) is 6.08. The second kappa shape index (κ2) is 6.79. The summed E-state index contributed by atoms with van der Waals surface area (Å²) in [7, 11) is 0. The van der Waals surface area contributed by atoms with E-state index in [4.69, 9.17) is 5.11 Å². The highest BCUT2D eigenvalue weighted by Crippen LogP contribution is 2.09. The molecule has 0 aromatic carbocycles. The van der Waals surface area contributed by atoms with Crippen molar-refractivity contribution in [2.45, 2.75) is 19.5 Å². The number of nitrogens with one attached hydrogen (secondary N) is 2. The van der Waals surface area contributed by atoms with E-state index in [2.05, 4.69) is 20.8 Å². The van der Waals surface area contributed by atoms with Gasteiger partial charge in [0.15, 0.2) is 0 Å². The van der Waals surface area contributed by atoms with E-state index in [0.29, 0.717) is 17.9 Å². The molecule has 0 unspecified atom stereocenters. The minimum absolute atomic E-state index is 0.0589. The standard InChI is InChI=1S/C11H14F2N6O2/c12-10(13)7-19-6-9(4-15-19)17-11(21)16-8-3-14-18(5-8)1-2-20/h3-6,10,20H,1-2,7H2,(H2,16,17,21). The number of carbonyl (C=O) groups is 1. The van der Waals surface area contributed by atoms with E-state index >= 15 is 0 Å². The predicted octanol–water partition coefficient (Wildman–Crippen LogP) is 0.981. The number of nitrogens with zero attached hydrogens (tertiary/aromatic N) is 4. The predicted molar refractivity (Wildman–Crippen MR) is 70.2 cm³/mol. The molecule has 8 nitrogen and oxygen atoms in total. The Hall–Kier alpha value is -2.49. The number of amides is 2. The molecule has 0 aliphatic heterocycles. The van der Waals surface area contributed by atoms with Crippen LogP contribution in [0.4, 0.5) is 25.0 Å². The first kappa shape index (κ1) is 14.9. The fourth-order valence-corrected chi connectivity index (χ4v) is 1.62. The summed E-state index contributed by atoms with van der Waals surface area (Å²) in [5, 5.41) is 21.3. The Morgan fingerprint density at radius 3 is 2.33 bits per heavy atom. The molecule has 10 heteroatoms. The van der Waals surface area contributed by atoms with Crippen LogP contribution in [-0.2, 0) is 13.1 Å². The SMILES string of the molecule is O=C(Nc1cnn(CCO)c1)Nc1cnn(CC(F)F)c1. The van der Waals surface area contributed by atoms with Gasteiger partial charge in [-0.05, 0) is 0 Å². The molecule has 3 N–H and O–H groups in total. The molecule has 2 heterocycles. The molecule has 2 aromatic rings. The van der Waals surface area contributed by atoms with E-state index in [9.17, 15) is 13.6 Å². The molecule has 2 amide bonds. The summed E-state index contributed by atoms with van der Waals surface area (Å²) in [4.78, 5) is 11.7. The average molecular weight is 300 g/mol. The second-order valence-corrected chi connectivity index (χ2v) is 4.14. The van der Waals surface area contributed by atoms with Gasteiger partial charge in [-0.1, -0.05) is 0 Å². The molecule has 0 spiro atoms. The highest BCUT2D eigenvalue weighted by atomic mass is 19.3. The van der Waals surface area contributed by atoms with Crippen molar-refractivity contribution < 1.29 is 18.7 Å². The maximum absolute atomic E-state index is 12.2. The maximum Gasteiger partial charge on any atom is 0.323 e. The quantitative estimate of drug-likeness (QED) is 0.741. The number of aliphatic hydroxyl groups excluding tert-OH is 1. The summed E-state index contributed by atoms with van der Waals surface area (Å²) in [6.07, 6.45) is 3.05. The zero-order valence-electron chi connectivity index (χ0n) is 10.9. The third kappa shape index (κ3) is 4.53. The molecule has 0 saturated heterocycles. The van der Waals surface area contributed by atoms with Crippen molar-refractivity contribution in [2.24, 2.45) is 0 Å². The zero-order chi connectivity index (χ0) is 15.2. The van der Waals surface area contributed by atoms with Crippen LogP contribution < -0.4 is 10.6 Å². The number of aliphatic hydroxyl groups is 1. The molecule has 0 radical (unpaired) electrons. The Balaban J connectivity index is 1.87. The van der Waals surface area contributed by atoms with Crippen molar-refractivity contribution in [2.75, 3.05) is 17.2 Å². The van der Waals surface area contributed by atoms with Gasteiger partial charge in [0.05, 0.1) is 36.9 Å². The molecule has 0 fully saturated rings. The summed E-state index contributed by atoms with van der Waals surface area (Å²) in [5.74, 6) is 0. The van der Waals surface area contributed by atoms with E-state index in [1.165, 1.54) is 23.3 Å². The van der Waals surface area contributed by atoms with Crippen molar-refractivity contribution >= 4 is 17.4 Å². The third-order valence-corrected chi connectivity index (χ3v) is 2.44. The van der Waals surface area contributed by atoms with Crippen LogP contribution in [0.2, 0.25) is 0 Å². The molecule has 114 valence electrons. The van der Waals surface area contributed by atoms with E-state index in [0.717, 1.165) is 4.68 Å². The Bertz CT molecular complexity index is 597. The van der Waals surface area contributed by atoms with Gasteiger partial charge in [0.1, 0.15) is 6.54 Å². The van der Waals surface area contributed by atoms with Crippen molar-refractivity contribution in [1.29, 1.82) is 0 Å². The van der Waals surface area contributed by atoms with Crippen LogP contribution in [0.25, 0.3) is 0 Å². The molecule has 2 rings (SSSR count). The number of alkyl halides is 2. The molecule has 0 aliphatic carbocycles. The molecule has 0 saturated carbocycles. The number of rotatable bonds is 6. The van der Waals surface area contributed by atoms with Gasteiger partial charge in [0, 0.05) is 12.4 Å². The van der Waals surface area contributed by atoms with E-state index in [1.807, 2.05) is 0 Å². The van der Waals surface area contributed by atoms with Gasteiger partial charge in [0.2, 0.25) is 0 Å². The number of carbonyl (C=O) groups excluding carboxylic acids is 1. The lowest BCUT2D eigenvalue weighted by Gasteiger charge is -2.03. The molecule has 0 bridgehead atoms. The molecular formula is C11H14F2N6O2. The second-order valence-electron chi connectivity index (χ2n) is 4.14. The van der Waals surface area contributed by atoms with Gasteiger partial charge in [-0.3, -0.25) is 9.36 Å². The summed E-state index contributed by atoms with van der Waals surface area (Å²) in [6, 6.07) is -0.546. The van der Waals surface area contributed by atoms with Gasteiger partial charge >= 0.3 is 6.03 Å². The topological polar surface area (TPSA) is 97.0 Å². The van der Waals surface area contributed by atoms with E-state index in [-0.39, 0.29) is 6.61 Å². The van der Waals surface area contributed by atoms with Crippen molar-refractivity contribution in [3.05, 3.63) is 24.8 Å². The zero-order valence-corrected chi connectivity index (χ0v) is 10.9. The first-order chi connectivity index (χ1) is 10.1. The summed E-state index contributed by atoms with van der Waals surface area (Å²) >= 11 is 0. The minimum atomic E-state index is -2.51. The van der Waals surface area contributed by atoms with Gasteiger partial charge in [-0.15, -0.1) is 0 Å². The Morgan fingerprint density at radius 2 is 1.76 bits per heavy atom. The molecule has 21 heavy (non-hydrogen) atoms. The normalized spacial score (nSPS) is 10.9. The average Bonchev–Trinajstić information content (AvgIpc) is 2.99. The van der Waals surface area contributed by atoms with Crippen LogP contribution in [0.5, 0.6) is 0 Å².